The summed E-state index contributed by atoms with van der Waals surface area (Å²) in [5.41, 5.74) is 5.84. The number of rotatable bonds is 4. The SMILES string of the molecule is COCC1CCN(S(=O)(=O)c2cc(N)c(Br)cc2F)C1. The standard InChI is InChI=1S/C12H16BrFN2O3S/c1-19-7-8-2-3-16(6-8)20(17,18)12-5-11(15)9(13)4-10(12)14/h4-5,8H,2-3,6-7,15H2,1H3. The molecule has 1 atom stereocenters. The van der Waals surface area contributed by atoms with Gasteiger partial charge in [-0.1, -0.05) is 0 Å². The fourth-order valence-corrected chi connectivity index (χ4v) is 4.20. The van der Waals surface area contributed by atoms with Crippen LogP contribution in [0.4, 0.5) is 10.1 Å². The maximum atomic E-state index is 13.9. The van der Waals surface area contributed by atoms with E-state index >= 15 is 0 Å². The number of methoxy groups -OCH3 is 1. The van der Waals surface area contributed by atoms with Gasteiger partial charge in [0.25, 0.3) is 0 Å². The zero-order valence-corrected chi connectivity index (χ0v) is 13.4. The molecule has 1 aliphatic rings. The lowest BCUT2D eigenvalue weighted by Crippen LogP contribution is -2.30. The van der Waals surface area contributed by atoms with Gasteiger partial charge >= 0.3 is 0 Å². The normalized spacial score (nSPS) is 20.4. The Kier molecular flexibility index (Phi) is 4.68. The molecule has 2 rings (SSSR count). The minimum absolute atomic E-state index is 0.144. The number of nitrogens with two attached hydrogens (primary N) is 1. The first-order valence-electron chi connectivity index (χ1n) is 6.10. The molecule has 1 saturated heterocycles. The molecule has 1 aromatic carbocycles. The van der Waals surface area contributed by atoms with E-state index in [0.29, 0.717) is 30.6 Å². The molecule has 0 saturated carbocycles. The minimum atomic E-state index is -3.86. The number of nitrogens with zero attached hydrogens (tertiary/aromatic N) is 1. The highest BCUT2D eigenvalue weighted by Gasteiger charge is 2.34. The first kappa shape index (κ1) is 15.7. The van der Waals surface area contributed by atoms with Crippen LogP contribution in [-0.2, 0) is 14.8 Å². The van der Waals surface area contributed by atoms with Crippen LogP contribution < -0.4 is 5.73 Å². The molecule has 1 heterocycles. The van der Waals surface area contributed by atoms with Gasteiger partial charge < -0.3 is 10.5 Å². The van der Waals surface area contributed by atoms with Crippen LogP contribution >= 0.6 is 15.9 Å². The predicted octanol–water partition coefficient (Wildman–Crippen LogP) is 1.83. The summed E-state index contributed by atoms with van der Waals surface area (Å²) < 4.78 is 45.4. The Hall–Kier alpha value is -0.700. The number of ether oxygens (including phenoxy) is 1. The summed E-state index contributed by atoms with van der Waals surface area (Å²) in [4.78, 5) is -0.378. The van der Waals surface area contributed by atoms with Gasteiger partial charge in [0.15, 0.2) is 0 Å². The van der Waals surface area contributed by atoms with Gasteiger partial charge in [0.2, 0.25) is 10.0 Å². The van der Waals surface area contributed by atoms with E-state index in [1.54, 1.807) is 7.11 Å². The molecular formula is C12H16BrFN2O3S. The van der Waals surface area contributed by atoms with E-state index < -0.39 is 15.8 Å². The van der Waals surface area contributed by atoms with Crippen LogP contribution in [0.2, 0.25) is 0 Å². The summed E-state index contributed by atoms with van der Waals surface area (Å²) >= 11 is 3.07. The Bertz CT molecular complexity index is 609. The van der Waals surface area contributed by atoms with Gasteiger partial charge in [-0.15, -0.1) is 0 Å². The Balaban J connectivity index is 2.30. The third-order valence-electron chi connectivity index (χ3n) is 3.32. The van der Waals surface area contributed by atoms with Gasteiger partial charge in [-0.25, -0.2) is 12.8 Å². The molecule has 0 aromatic heterocycles. The van der Waals surface area contributed by atoms with Crippen LogP contribution in [0.25, 0.3) is 0 Å². The van der Waals surface area contributed by atoms with Crippen molar-refractivity contribution in [1.29, 1.82) is 0 Å². The fraction of sp³-hybridized carbons (Fsp3) is 0.500. The highest BCUT2D eigenvalue weighted by Crippen LogP contribution is 2.30. The predicted molar refractivity (Wildman–Crippen MR) is 77.3 cm³/mol. The van der Waals surface area contributed by atoms with Crippen molar-refractivity contribution in [2.75, 3.05) is 32.5 Å². The number of benzene rings is 1. The molecule has 2 N–H and O–H groups in total. The van der Waals surface area contributed by atoms with Gasteiger partial charge in [-0.2, -0.15) is 4.31 Å². The number of hydrogen-bond acceptors (Lipinski definition) is 4. The third kappa shape index (κ3) is 2.98. The number of halogens is 2. The average Bonchev–Trinajstić information content (AvgIpc) is 2.83. The van der Waals surface area contributed by atoms with E-state index in [0.717, 1.165) is 12.1 Å². The molecule has 1 aromatic rings. The van der Waals surface area contributed by atoms with Crippen molar-refractivity contribution < 1.29 is 17.5 Å². The van der Waals surface area contributed by atoms with E-state index in [4.69, 9.17) is 10.5 Å². The second-order valence-corrected chi connectivity index (χ2v) is 7.54. The molecule has 20 heavy (non-hydrogen) atoms. The van der Waals surface area contributed by atoms with Crippen molar-refractivity contribution in [1.82, 2.24) is 4.31 Å². The quantitative estimate of drug-likeness (QED) is 0.825. The lowest BCUT2D eigenvalue weighted by atomic mass is 10.1. The van der Waals surface area contributed by atoms with E-state index in [9.17, 15) is 12.8 Å². The maximum Gasteiger partial charge on any atom is 0.246 e. The lowest BCUT2D eigenvalue weighted by molar-refractivity contribution is 0.157. The van der Waals surface area contributed by atoms with Crippen molar-refractivity contribution in [3.05, 3.63) is 22.4 Å². The molecule has 5 nitrogen and oxygen atoms in total. The topological polar surface area (TPSA) is 72.6 Å². The smallest absolute Gasteiger partial charge is 0.246 e. The molecule has 1 unspecified atom stereocenters. The van der Waals surface area contributed by atoms with E-state index in [-0.39, 0.29) is 16.5 Å². The number of sulfonamides is 1. The Morgan fingerprint density at radius 1 is 1.55 bits per heavy atom. The van der Waals surface area contributed by atoms with Crippen molar-refractivity contribution in [3.8, 4) is 0 Å². The van der Waals surface area contributed by atoms with Crippen LogP contribution in [0.15, 0.2) is 21.5 Å². The summed E-state index contributed by atoms with van der Waals surface area (Å²) in [6.07, 6.45) is 0.709. The summed E-state index contributed by atoms with van der Waals surface area (Å²) in [7, 11) is -2.28. The Morgan fingerprint density at radius 2 is 2.25 bits per heavy atom. The molecule has 112 valence electrons. The fourth-order valence-electron chi connectivity index (χ4n) is 2.27. The Labute approximate surface area is 126 Å². The van der Waals surface area contributed by atoms with Crippen molar-refractivity contribution in [3.63, 3.8) is 0 Å². The van der Waals surface area contributed by atoms with Crippen LogP contribution in [-0.4, -0.2) is 39.5 Å². The molecule has 0 aliphatic carbocycles. The number of anilines is 1. The highest BCUT2D eigenvalue weighted by atomic mass is 79.9. The second kappa shape index (κ2) is 5.97. The third-order valence-corrected chi connectivity index (χ3v) is 5.89. The van der Waals surface area contributed by atoms with Gasteiger partial charge in [-0.3, -0.25) is 0 Å². The van der Waals surface area contributed by atoms with Crippen molar-refractivity contribution in [2.24, 2.45) is 5.92 Å². The number of nitrogen functional groups attached to an aromatic ring is 1. The van der Waals surface area contributed by atoms with E-state index in [2.05, 4.69) is 15.9 Å². The molecule has 0 bridgehead atoms. The molecule has 0 amide bonds. The first-order chi connectivity index (χ1) is 9.36. The average molecular weight is 367 g/mol. The van der Waals surface area contributed by atoms with E-state index in [1.165, 1.54) is 4.31 Å². The molecule has 8 heteroatoms. The van der Waals surface area contributed by atoms with Gasteiger partial charge in [0.05, 0.1) is 6.61 Å². The van der Waals surface area contributed by atoms with Gasteiger partial charge in [-0.05, 0) is 40.4 Å². The molecule has 0 radical (unpaired) electrons. The highest BCUT2D eigenvalue weighted by molar-refractivity contribution is 9.10. The second-order valence-electron chi connectivity index (χ2n) is 4.78. The summed E-state index contributed by atoms with van der Waals surface area (Å²) in [6.45, 7) is 1.20. The van der Waals surface area contributed by atoms with Gasteiger partial charge in [0.1, 0.15) is 10.7 Å². The molecule has 1 aliphatic heterocycles. The zero-order valence-electron chi connectivity index (χ0n) is 11.0. The molecular weight excluding hydrogens is 351 g/mol. The monoisotopic (exact) mass is 366 g/mol. The molecule has 0 spiro atoms. The zero-order chi connectivity index (χ0) is 14.9. The van der Waals surface area contributed by atoms with Crippen molar-refractivity contribution >= 4 is 31.6 Å². The maximum absolute atomic E-state index is 13.9. The first-order valence-corrected chi connectivity index (χ1v) is 8.33. The number of hydrogen-bond donors (Lipinski definition) is 1. The van der Waals surface area contributed by atoms with E-state index in [1.807, 2.05) is 0 Å². The van der Waals surface area contributed by atoms with Crippen LogP contribution in [0, 0.1) is 11.7 Å². The van der Waals surface area contributed by atoms with Crippen LogP contribution in [0.1, 0.15) is 6.42 Å². The van der Waals surface area contributed by atoms with Gasteiger partial charge in [0, 0.05) is 30.4 Å². The lowest BCUT2D eigenvalue weighted by Gasteiger charge is -2.17. The molecule has 1 fully saturated rings. The van der Waals surface area contributed by atoms with Crippen LogP contribution in [0.5, 0.6) is 0 Å². The minimum Gasteiger partial charge on any atom is -0.398 e. The summed E-state index contributed by atoms with van der Waals surface area (Å²) in [5.74, 6) is -0.660. The summed E-state index contributed by atoms with van der Waals surface area (Å²) in [5, 5.41) is 0. The summed E-state index contributed by atoms with van der Waals surface area (Å²) in [6, 6.07) is 2.23. The van der Waals surface area contributed by atoms with Crippen molar-refractivity contribution in [2.45, 2.75) is 11.3 Å². The van der Waals surface area contributed by atoms with Crippen LogP contribution in [0.3, 0.4) is 0 Å². The Morgan fingerprint density at radius 3 is 2.90 bits per heavy atom. The largest absolute Gasteiger partial charge is 0.398 e.